The van der Waals surface area contributed by atoms with E-state index >= 15 is 0 Å². The Morgan fingerprint density at radius 3 is 2.58 bits per heavy atom. The predicted octanol–water partition coefficient (Wildman–Crippen LogP) is 3.74. The Morgan fingerprint density at radius 2 is 1.89 bits per heavy atom. The van der Waals surface area contributed by atoms with Gasteiger partial charge in [-0.3, -0.25) is 0 Å². The third-order valence-corrected chi connectivity index (χ3v) is 3.16. The Balaban J connectivity index is 2.36. The van der Waals surface area contributed by atoms with Crippen molar-refractivity contribution in [3.05, 3.63) is 48.0 Å². The Hall–Kier alpha value is -2.16. The molecule has 0 radical (unpaired) electrons. The van der Waals surface area contributed by atoms with Crippen molar-refractivity contribution >= 4 is 17.1 Å². The second-order valence-corrected chi connectivity index (χ2v) is 4.50. The molecule has 3 heteroatoms. The van der Waals surface area contributed by atoms with Crippen LogP contribution in [0.2, 0.25) is 0 Å². The van der Waals surface area contributed by atoms with Crippen molar-refractivity contribution in [2.24, 2.45) is 0 Å². The van der Waals surface area contributed by atoms with E-state index in [1.165, 1.54) is 11.3 Å². The normalized spacial score (nSPS) is 10.3. The fourth-order valence-corrected chi connectivity index (χ4v) is 2.09. The van der Waals surface area contributed by atoms with Gasteiger partial charge in [-0.15, -0.1) is 0 Å². The lowest BCUT2D eigenvalue weighted by Gasteiger charge is -2.22. The van der Waals surface area contributed by atoms with E-state index in [9.17, 15) is 0 Å². The molecule has 3 nitrogen and oxygen atoms in total. The van der Waals surface area contributed by atoms with Gasteiger partial charge in [0.1, 0.15) is 5.75 Å². The van der Waals surface area contributed by atoms with Crippen LogP contribution >= 0.6 is 0 Å². The van der Waals surface area contributed by atoms with Crippen LogP contribution in [-0.2, 0) is 0 Å². The number of nitrogen functional groups attached to an aromatic ring is 1. The molecule has 0 atom stereocenters. The van der Waals surface area contributed by atoms with Crippen LogP contribution in [0, 0.1) is 6.92 Å². The van der Waals surface area contributed by atoms with Crippen LogP contribution in [0.3, 0.4) is 0 Å². The molecule has 0 amide bonds. The molecule has 0 unspecified atom stereocenters. The summed E-state index contributed by atoms with van der Waals surface area (Å²) in [6, 6.07) is 14.2. The van der Waals surface area contributed by atoms with Gasteiger partial charge in [-0.1, -0.05) is 18.2 Å². The maximum atomic E-state index is 5.90. The lowest BCUT2D eigenvalue weighted by atomic mass is 10.1. The van der Waals surface area contributed by atoms with Crippen LogP contribution in [-0.4, -0.2) is 13.7 Å². The van der Waals surface area contributed by atoms with Crippen molar-refractivity contribution in [3.63, 3.8) is 0 Å². The summed E-state index contributed by atoms with van der Waals surface area (Å²) in [5, 5.41) is 0. The van der Waals surface area contributed by atoms with Crippen molar-refractivity contribution in [2.75, 3.05) is 24.3 Å². The first-order chi connectivity index (χ1) is 9.13. The highest BCUT2D eigenvalue weighted by molar-refractivity contribution is 5.70. The fourth-order valence-electron chi connectivity index (χ4n) is 2.09. The van der Waals surface area contributed by atoms with Crippen molar-refractivity contribution in [1.29, 1.82) is 0 Å². The molecule has 2 aromatic carbocycles. The number of nitrogens with two attached hydrogens (primary N) is 1. The summed E-state index contributed by atoms with van der Waals surface area (Å²) in [5.41, 5.74) is 10.0. The minimum atomic E-state index is 0.613. The van der Waals surface area contributed by atoms with Crippen LogP contribution in [0.1, 0.15) is 12.5 Å². The number of hydrogen-bond acceptors (Lipinski definition) is 3. The number of nitrogens with zero attached hydrogens (tertiary/aromatic N) is 1. The first-order valence-corrected chi connectivity index (χ1v) is 6.45. The lowest BCUT2D eigenvalue weighted by molar-refractivity contribution is 0.342. The predicted molar refractivity (Wildman–Crippen MR) is 81.3 cm³/mol. The van der Waals surface area contributed by atoms with Crippen molar-refractivity contribution in [2.45, 2.75) is 13.8 Å². The van der Waals surface area contributed by atoms with Crippen molar-refractivity contribution in [1.82, 2.24) is 0 Å². The van der Waals surface area contributed by atoms with Gasteiger partial charge in [-0.2, -0.15) is 0 Å². The average Bonchev–Trinajstić information content (AvgIpc) is 2.41. The smallest absolute Gasteiger partial charge is 0.144 e. The minimum absolute atomic E-state index is 0.613. The molecule has 0 spiro atoms. The summed E-state index contributed by atoms with van der Waals surface area (Å²) < 4.78 is 5.54. The van der Waals surface area contributed by atoms with Gasteiger partial charge in [0.05, 0.1) is 12.3 Å². The summed E-state index contributed by atoms with van der Waals surface area (Å²) in [5.74, 6) is 0.737. The number of aryl methyl sites for hydroxylation is 1. The molecule has 0 aliphatic carbocycles. The largest absolute Gasteiger partial charge is 0.492 e. The molecule has 2 N–H and O–H groups in total. The second kappa shape index (κ2) is 5.65. The summed E-state index contributed by atoms with van der Waals surface area (Å²) in [6.07, 6.45) is 0. The molecule has 0 aliphatic heterocycles. The van der Waals surface area contributed by atoms with Crippen molar-refractivity contribution < 1.29 is 4.74 Å². The molecule has 0 saturated carbocycles. The molecular weight excluding hydrogens is 236 g/mol. The lowest BCUT2D eigenvalue weighted by Crippen LogP contribution is -2.11. The first-order valence-electron chi connectivity index (χ1n) is 6.45. The van der Waals surface area contributed by atoms with Gasteiger partial charge in [0, 0.05) is 24.5 Å². The van der Waals surface area contributed by atoms with Crippen LogP contribution in [0.5, 0.6) is 5.75 Å². The van der Waals surface area contributed by atoms with Crippen LogP contribution in [0.4, 0.5) is 17.1 Å². The zero-order valence-corrected chi connectivity index (χ0v) is 11.7. The summed E-state index contributed by atoms with van der Waals surface area (Å²) in [6.45, 7) is 4.67. The minimum Gasteiger partial charge on any atom is -0.492 e. The van der Waals surface area contributed by atoms with Crippen LogP contribution in [0.15, 0.2) is 42.5 Å². The highest BCUT2D eigenvalue weighted by Crippen LogP contribution is 2.32. The quantitative estimate of drug-likeness (QED) is 0.847. The third-order valence-electron chi connectivity index (χ3n) is 3.16. The molecule has 0 saturated heterocycles. The highest BCUT2D eigenvalue weighted by Gasteiger charge is 2.09. The third kappa shape index (κ3) is 2.81. The van der Waals surface area contributed by atoms with E-state index in [0.717, 1.165) is 11.4 Å². The first kappa shape index (κ1) is 13.3. The maximum Gasteiger partial charge on any atom is 0.144 e. The molecular formula is C16H20N2O. The summed E-state index contributed by atoms with van der Waals surface area (Å²) in [7, 11) is 2.05. The van der Waals surface area contributed by atoms with E-state index in [0.29, 0.717) is 12.3 Å². The molecule has 100 valence electrons. The van der Waals surface area contributed by atoms with Gasteiger partial charge in [0.15, 0.2) is 0 Å². The van der Waals surface area contributed by atoms with E-state index < -0.39 is 0 Å². The number of hydrogen-bond donors (Lipinski definition) is 1. The number of para-hydroxylation sites is 1. The molecule has 0 aromatic heterocycles. The summed E-state index contributed by atoms with van der Waals surface area (Å²) in [4.78, 5) is 2.14. The van der Waals surface area contributed by atoms with E-state index in [1.54, 1.807) is 0 Å². The fraction of sp³-hybridized carbons (Fsp3) is 0.250. The Bertz CT molecular complexity index is 566. The average molecular weight is 256 g/mol. The van der Waals surface area contributed by atoms with E-state index in [1.807, 2.05) is 44.3 Å². The van der Waals surface area contributed by atoms with Crippen LogP contribution in [0.25, 0.3) is 0 Å². The van der Waals surface area contributed by atoms with Gasteiger partial charge in [-0.25, -0.2) is 0 Å². The second-order valence-electron chi connectivity index (χ2n) is 4.50. The highest BCUT2D eigenvalue weighted by atomic mass is 16.5. The maximum absolute atomic E-state index is 5.90. The molecule has 0 bridgehead atoms. The number of benzene rings is 2. The molecule has 0 heterocycles. The van der Waals surface area contributed by atoms with Gasteiger partial charge < -0.3 is 15.4 Å². The topological polar surface area (TPSA) is 38.5 Å². The summed E-state index contributed by atoms with van der Waals surface area (Å²) >= 11 is 0. The zero-order chi connectivity index (χ0) is 13.8. The Morgan fingerprint density at radius 1 is 1.16 bits per heavy atom. The molecule has 2 aromatic rings. The monoisotopic (exact) mass is 256 g/mol. The van der Waals surface area contributed by atoms with Gasteiger partial charge in [0.25, 0.3) is 0 Å². The standard InChI is InChI=1S/C16H20N2O/c1-4-19-16-11-13(9-10-14(16)17)18(3)15-8-6-5-7-12(15)2/h5-11H,4,17H2,1-3H3. The molecule has 19 heavy (non-hydrogen) atoms. The molecule has 0 aliphatic rings. The van der Waals surface area contributed by atoms with E-state index in [-0.39, 0.29) is 0 Å². The Kier molecular flexibility index (Phi) is 3.95. The molecule has 2 rings (SSSR count). The van der Waals surface area contributed by atoms with Crippen LogP contribution < -0.4 is 15.4 Å². The van der Waals surface area contributed by atoms with E-state index in [4.69, 9.17) is 10.5 Å². The molecule has 0 fully saturated rings. The van der Waals surface area contributed by atoms with E-state index in [2.05, 4.69) is 24.0 Å². The van der Waals surface area contributed by atoms with Gasteiger partial charge in [-0.05, 0) is 37.6 Å². The number of ether oxygens (including phenoxy) is 1. The number of rotatable bonds is 4. The zero-order valence-electron chi connectivity index (χ0n) is 11.7. The van der Waals surface area contributed by atoms with Gasteiger partial charge >= 0.3 is 0 Å². The van der Waals surface area contributed by atoms with Crippen molar-refractivity contribution in [3.8, 4) is 5.75 Å². The number of anilines is 3. The Labute approximate surface area is 114 Å². The SMILES string of the molecule is CCOc1cc(N(C)c2ccccc2C)ccc1N. The van der Waals surface area contributed by atoms with Gasteiger partial charge in [0.2, 0.25) is 0 Å².